The van der Waals surface area contributed by atoms with E-state index in [-0.39, 0.29) is 0 Å². The second-order valence-corrected chi connectivity index (χ2v) is 5.95. The van der Waals surface area contributed by atoms with Crippen LogP contribution in [0.2, 0.25) is 0 Å². The molecule has 3 aromatic heterocycles. The first-order valence-electron chi connectivity index (χ1n) is 6.09. The lowest BCUT2D eigenvalue weighted by Crippen LogP contribution is -1.89. The number of rotatable bonds is 2. The van der Waals surface area contributed by atoms with Crippen molar-refractivity contribution in [1.82, 2.24) is 19.6 Å². The molecule has 0 amide bonds. The zero-order valence-corrected chi connectivity index (χ0v) is 12.3. The first kappa shape index (κ1) is 11.9. The molecule has 0 spiro atoms. The molecular formula is C14H10N4S2. The Kier molecular flexibility index (Phi) is 2.71. The molecular weight excluding hydrogens is 288 g/mol. The quantitative estimate of drug-likeness (QED) is 0.529. The van der Waals surface area contributed by atoms with Gasteiger partial charge in [0, 0.05) is 10.9 Å². The zero-order valence-electron chi connectivity index (χ0n) is 10.6. The summed E-state index contributed by atoms with van der Waals surface area (Å²) in [5.74, 6) is 0. The number of hydrogen-bond acceptors (Lipinski definition) is 5. The van der Waals surface area contributed by atoms with Crippen molar-refractivity contribution >= 4 is 39.0 Å². The lowest BCUT2D eigenvalue weighted by molar-refractivity contribution is 0.910. The van der Waals surface area contributed by atoms with E-state index in [0.29, 0.717) is 0 Å². The number of hydrogen-bond donors (Lipinski definition) is 0. The fraction of sp³-hybridized carbons (Fsp3) is 0.0714. The number of thiophene rings is 1. The third kappa shape index (κ3) is 1.65. The van der Waals surface area contributed by atoms with Crippen LogP contribution in [0.1, 0.15) is 0 Å². The summed E-state index contributed by atoms with van der Waals surface area (Å²) in [5, 5.41) is 12.6. The Morgan fingerprint density at radius 2 is 2.00 bits per heavy atom. The maximum absolute atomic E-state index is 4.52. The van der Waals surface area contributed by atoms with E-state index in [1.165, 1.54) is 11.1 Å². The van der Waals surface area contributed by atoms with Gasteiger partial charge in [0.05, 0.1) is 5.39 Å². The molecule has 0 radical (unpaired) electrons. The highest BCUT2D eigenvalue weighted by atomic mass is 32.2. The molecule has 0 aliphatic rings. The largest absolute Gasteiger partial charge is 0.260 e. The van der Waals surface area contributed by atoms with Gasteiger partial charge in [-0.05, 0) is 11.8 Å². The van der Waals surface area contributed by atoms with Gasteiger partial charge in [-0.25, -0.2) is 4.98 Å². The molecule has 4 nitrogen and oxygen atoms in total. The number of benzene rings is 1. The molecule has 0 N–H and O–H groups in total. The minimum absolute atomic E-state index is 0.861. The van der Waals surface area contributed by atoms with Crippen LogP contribution in [-0.4, -0.2) is 25.8 Å². The fourth-order valence-electron chi connectivity index (χ4n) is 2.29. The van der Waals surface area contributed by atoms with Gasteiger partial charge in [-0.3, -0.25) is 4.40 Å². The van der Waals surface area contributed by atoms with E-state index in [2.05, 4.69) is 32.7 Å². The summed E-state index contributed by atoms with van der Waals surface area (Å²) in [5.41, 5.74) is 3.23. The van der Waals surface area contributed by atoms with Gasteiger partial charge in [0.25, 0.3) is 0 Å². The highest BCUT2D eigenvalue weighted by Crippen LogP contribution is 2.35. The van der Waals surface area contributed by atoms with Crippen LogP contribution in [0, 0.1) is 0 Å². The lowest BCUT2D eigenvalue weighted by atomic mass is 10.1. The van der Waals surface area contributed by atoms with Crippen molar-refractivity contribution in [1.29, 1.82) is 0 Å². The van der Waals surface area contributed by atoms with Crippen LogP contribution in [0.15, 0.2) is 47.2 Å². The van der Waals surface area contributed by atoms with Crippen LogP contribution in [0.25, 0.3) is 27.0 Å². The molecule has 20 heavy (non-hydrogen) atoms. The van der Waals surface area contributed by atoms with Gasteiger partial charge in [0.1, 0.15) is 11.2 Å². The smallest absolute Gasteiger partial charge is 0.196 e. The van der Waals surface area contributed by atoms with Crippen LogP contribution in [-0.2, 0) is 0 Å². The predicted molar refractivity (Wildman–Crippen MR) is 83.4 cm³/mol. The molecule has 98 valence electrons. The molecule has 6 heteroatoms. The van der Waals surface area contributed by atoms with Gasteiger partial charge in [-0.15, -0.1) is 21.5 Å². The van der Waals surface area contributed by atoms with E-state index in [1.54, 1.807) is 29.4 Å². The highest BCUT2D eigenvalue weighted by Gasteiger charge is 2.15. The molecule has 0 aliphatic heterocycles. The summed E-state index contributed by atoms with van der Waals surface area (Å²) in [4.78, 5) is 5.52. The van der Waals surface area contributed by atoms with Crippen LogP contribution in [0.5, 0.6) is 0 Å². The summed E-state index contributed by atoms with van der Waals surface area (Å²) in [6.45, 7) is 0. The van der Waals surface area contributed by atoms with Crippen LogP contribution >= 0.6 is 23.1 Å². The van der Waals surface area contributed by atoms with Gasteiger partial charge in [0.2, 0.25) is 0 Å². The maximum atomic E-state index is 4.52. The summed E-state index contributed by atoms with van der Waals surface area (Å²) in [7, 11) is 0. The first-order chi connectivity index (χ1) is 9.88. The van der Waals surface area contributed by atoms with E-state index in [0.717, 1.165) is 21.0 Å². The minimum atomic E-state index is 0.861. The van der Waals surface area contributed by atoms with Gasteiger partial charge in [-0.1, -0.05) is 42.1 Å². The van der Waals surface area contributed by atoms with Crippen LogP contribution < -0.4 is 0 Å². The first-order valence-corrected chi connectivity index (χ1v) is 8.19. The molecule has 0 saturated carbocycles. The van der Waals surface area contributed by atoms with E-state index in [1.807, 2.05) is 28.9 Å². The molecule has 0 aliphatic carbocycles. The predicted octanol–water partition coefficient (Wildman–Crippen LogP) is 3.73. The number of thioether (sulfide) groups is 1. The molecule has 0 unspecified atom stereocenters. The maximum Gasteiger partial charge on any atom is 0.196 e. The zero-order chi connectivity index (χ0) is 13.5. The lowest BCUT2D eigenvalue weighted by Gasteiger charge is -2.01. The van der Waals surface area contributed by atoms with Crippen molar-refractivity contribution in [3.05, 3.63) is 42.0 Å². The van der Waals surface area contributed by atoms with Gasteiger partial charge < -0.3 is 0 Å². The third-order valence-electron chi connectivity index (χ3n) is 3.22. The van der Waals surface area contributed by atoms with Crippen LogP contribution in [0.4, 0.5) is 0 Å². The summed E-state index contributed by atoms with van der Waals surface area (Å²) in [6.07, 6.45) is 3.79. The van der Waals surface area contributed by atoms with Gasteiger partial charge in [-0.2, -0.15) is 0 Å². The Balaban J connectivity index is 2.10. The summed E-state index contributed by atoms with van der Waals surface area (Å²) >= 11 is 3.21. The monoisotopic (exact) mass is 298 g/mol. The highest BCUT2D eigenvalue weighted by molar-refractivity contribution is 7.98. The average molecular weight is 298 g/mol. The Morgan fingerprint density at radius 3 is 2.80 bits per heavy atom. The molecule has 0 saturated heterocycles. The van der Waals surface area contributed by atoms with E-state index >= 15 is 0 Å². The van der Waals surface area contributed by atoms with Crippen LogP contribution in [0.3, 0.4) is 0 Å². The Hall–Kier alpha value is -1.92. The van der Waals surface area contributed by atoms with E-state index in [4.69, 9.17) is 0 Å². The second-order valence-electron chi connectivity index (χ2n) is 4.32. The minimum Gasteiger partial charge on any atom is -0.260 e. The van der Waals surface area contributed by atoms with Gasteiger partial charge >= 0.3 is 0 Å². The number of fused-ring (bicyclic) bond motifs is 3. The third-order valence-corrected chi connectivity index (χ3v) is 4.75. The van der Waals surface area contributed by atoms with Crippen molar-refractivity contribution in [2.45, 2.75) is 5.16 Å². The Bertz CT molecular complexity index is 895. The SMILES string of the molecule is CSc1nnc2c3c(-c4ccccc4)csc3ncn12. The van der Waals surface area contributed by atoms with Crippen molar-refractivity contribution < 1.29 is 0 Å². The summed E-state index contributed by atoms with van der Waals surface area (Å²) < 4.78 is 1.95. The van der Waals surface area contributed by atoms with Crippen molar-refractivity contribution in [2.75, 3.05) is 6.26 Å². The van der Waals surface area contributed by atoms with E-state index < -0.39 is 0 Å². The fourth-order valence-corrected chi connectivity index (χ4v) is 3.65. The van der Waals surface area contributed by atoms with Crippen molar-refractivity contribution in [3.8, 4) is 11.1 Å². The van der Waals surface area contributed by atoms with Gasteiger partial charge in [0.15, 0.2) is 10.8 Å². The molecule has 0 bridgehead atoms. The molecule has 3 heterocycles. The molecule has 4 aromatic rings. The van der Waals surface area contributed by atoms with Crippen molar-refractivity contribution in [3.63, 3.8) is 0 Å². The van der Waals surface area contributed by atoms with Crippen molar-refractivity contribution in [2.24, 2.45) is 0 Å². The standard InChI is InChI=1S/C14H10N4S2/c1-19-14-17-16-12-11-10(9-5-3-2-4-6-9)7-20-13(11)15-8-18(12)14/h2-8H,1H3. The normalized spacial score (nSPS) is 11.4. The Morgan fingerprint density at radius 1 is 1.15 bits per heavy atom. The average Bonchev–Trinajstić information content (AvgIpc) is 3.11. The molecule has 0 atom stereocenters. The summed E-state index contributed by atoms with van der Waals surface area (Å²) in [6, 6.07) is 10.3. The molecule has 4 rings (SSSR count). The Labute approximate surface area is 123 Å². The number of nitrogens with zero attached hydrogens (tertiary/aromatic N) is 4. The number of aromatic nitrogens is 4. The molecule has 0 fully saturated rings. The molecule has 1 aromatic carbocycles. The second kappa shape index (κ2) is 4.57. The van der Waals surface area contributed by atoms with E-state index in [9.17, 15) is 0 Å². The topological polar surface area (TPSA) is 43.1 Å².